The van der Waals surface area contributed by atoms with Crippen molar-refractivity contribution in [2.75, 3.05) is 25.1 Å². The fourth-order valence-corrected chi connectivity index (χ4v) is 11.0. The molecule has 5 aliphatic rings. The van der Waals surface area contributed by atoms with Crippen LogP contribution in [0.4, 0.5) is 5.69 Å². The molecule has 3 heterocycles. The average molecular weight is 680 g/mol. The summed E-state index contributed by atoms with van der Waals surface area (Å²) in [6.45, 7) is 9.32. The smallest absolute Gasteiger partial charge is 0.318 e. The Morgan fingerprint density at radius 1 is 1.09 bits per heavy atom. The number of hydrogen-bond acceptors (Lipinski definition) is 7. The zero-order valence-corrected chi connectivity index (χ0v) is 27.6. The van der Waals surface area contributed by atoms with E-state index in [0.717, 1.165) is 34.9 Å². The van der Waals surface area contributed by atoms with E-state index in [0.29, 0.717) is 37.2 Å². The third-order valence-corrected chi connectivity index (χ3v) is 13.3. The van der Waals surface area contributed by atoms with Gasteiger partial charge in [-0.25, -0.2) is 0 Å². The minimum absolute atomic E-state index is 0.0442. The van der Waals surface area contributed by atoms with Crippen LogP contribution in [-0.4, -0.2) is 64.1 Å². The highest BCUT2D eigenvalue weighted by atomic mass is 79.9. The lowest BCUT2D eigenvalue weighted by Gasteiger charge is -2.60. The molecular formula is C36H43BrN2O6. The molecule has 9 atom stereocenters. The molecule has 0 radical (unpaired) electrons. The Morgan fingerprint density at radius 3 is 2.53 bits per heavy atom. The molecule has 7 rings (SSSR count). The lowest BCUT2D eigenvalue weighted by atomic mass is 9.45. The number of carbonyl (C=O) groups is 2. The largest absolute Gasteiger partial charge is 0.462 e. The monoisotopic (exact) mass is 678 g/mol. The van der Waals surface area contributed by atoms with Crippen molar-refractivity contribution in [2.45, 2.75) is 70.2 Å². The number of nitrogens with one attached hydrogen (secondary N) is 1. The number of anilines is 1. The molecule has 8 nitrogen and oxygen atoms in total. The number of cyclic esters (lactones) is 1. The van der Waals surface area contributed by atoms with Gasteiger partial charge in [0.2, 0.25) is 0 Å². The second-order valence-corrected chi connectivity index (χ2v) is 15.6. The Balaban J connectivity index is 1.40. The third-order valence-electron chi connectivity index (χ3n) is 12.8. The number of rotatable bonds is 5. The summed E-state index contributed by atoms with van der Waals surface area (Å²) in [5, 5.41) is 36.8. The molecule has 2 saturated carbocycles. The standard InChI is InChI=1S/C36H43BrN2O6/c1-21-9-12-28-33(2,14-13-29(41)34(28,3)20-40)25(21)15-23-18-39(17-22-7-5-4-6-8-22)36(35(23)30(42)19-45-32(35)44)26-16-24(37)10-11-27(26)38-31(36)43/h4-8,10-11,16,23,25,28-30,40-42H,1,9,12-15,17-20H2,2-3H3,(H,38,43)/t23?,25-,28+,29-,30-,33+,34+,35-,36+/m1/s1. The van der Waals surface area contributed by atoms with Gasteiger partial charge in [0.1, 0.15) is 23.7 Å². The van der Waals surface area contributed by atoms with Gasteiger partial charge in [0.05, 0.1) is 12.7 Å². The van der Waals surface area contributed by atoms with Crippen LogP contribution < -0.4 is 5.32 Å². The molecule has 2 saturated heterocycles. The number of amides is 1. The highest BCUT2D eigenvalue weighted by molar-refractivity contribution is 9.10. The number of fused-ring (bicyclic) bond motifs is 4. The maximum atomic E-state index is 14.6. The minimum Gasteiger partial charge on any atom is -0.462 e. The first-order valence-electron chi connectivity index (χ1n) is 16.2. The molecule has 45 heavy (non-hydrogen) atoms. The van der Waals surface area contributed by atoms with E-state index in [1.165, 1.54) is 0 Å². The number of ether oxygens (including phenoxy) is 1. The topological polar surface area (TPSA) is 119 Å². The van der Waals surface area contributed by atoms with Crippen LogP contribution in [-0.2, 0) is 26.4 Å². The van der Waals surface area contributed by atoms with Gasteiger partial charge in [-0.05, 0) is 79.0 Å². The summed E-state index contributed by atoms with van der Waals surface area (Å²) in [6, 6.07) is 15.5. The van der Waals surface area contributed by atoms with Crippen molar-refractivity contribution >= 4 is 33.5 Å². The molecule has 0 aromatic heterocycles. The Labute approximate surface area is 273 Å². The van der Waals surface area contributed by atoms with Crippen molar-refractivity contribution in [3.05, 3.63) is 76.3 Å². The molecule has 9 heteroatoms. The maximum absolute atomic E-state index is 14.6. The first-order chi connectivity index (χ1) is 21.4. The summed E-state index contributed by atoms with van der Waals surface area (Å²) in [4.78, 5) is 31.1. The number of aliphatic hydroxyl groups is 3. The molecule has 2 aromatic rings. The number of carbonyl (C=O) groups excluding carboxylic acids is 2. The first kappa shape index (κ1) is 31.1. The Kier molecular flexibility index (Phi) is 7.41. The van der Waals surface area contributed by atoms with Crippen molar-refractivity contribution < 1.29 is 29.6 Å². The minimum atomic E-state index is -1.56. The number of aliphatic hydroxyl groups excluding tert-OH is 3. The Bertz CT molecular complexity index is 1550. The van der Waals surface area contributed by atoms with Crippen molar-refractivity contribution in [1.29, 1.82) is 0 Å². The SMILES string of the molecule is C=C1CC[C@@H]2[C@](C)(CO)[C@H](O)CC[C@@]2(C)[C@@H]1CC1CN(Cc2ccccc2)[C@@]2(C(=O)Nc3ccc(Br)cc32)[C@]12C(=O)OC[C@H]2O. The predicted molar refractivity (Wildman–Crippen MR) is 173 cm³/mol. The van der Waals surface area contributed by atoms with Crippen LogP contribution in [0.25, 0.3) is 0 Å². The number of nitrogens with zero attached hydrogens (tertiary/aromatic N) is 1. The van der Waals surface area contributed by atoms with Crippen LogP contribution in [0.3, 0.4) is 0 Å². The number of esters is 1. The van der Waals surface area contributed by atoms with Crippen molar-refractivity contribution in [3.8, 4) is 0 Å². The van der Waals surface area contributed by atoms with Crippen molar-refractivity contribution in [1.82, 2.24) is 4.90 Å². The van der Waals surface area contributed by atoms with Gasteiger partial charge in [-0.2, -0.15) is 0 Å². The van der Waals surface area contributed by atoms with Crippen LogP contribution in [0, 0.1) is 34.0 Å². The molecular weight excluding hydrogens is 636 g/mol. The van der Waals surface area contributed by atoms with Gasteiger partial charge in [-0.3, -0.25) is 14.5 Å². The van der Waals surface area contributed by atoms with E-state index in [1.54, 1.807) is 0 Å². The van der Waals surface area contributed by atoms with E-state index in [2.05, 4.69) is 39.6 Å². The van der Waals surface area contributed by atoms with E-state index < -0.39 is 40.5 Å². The Morgan fingerprint density at radius 2 is 1.84 bits per heavy atom. The lowest BCUT2D eigenvalue weighted by molar-refractivity contribution is -0.166. The van der Waals surface area contributed by atoms with Crippen LogP contribution >= 0.6 is 15.9 Å². The second-order valence-electron chi connectivity index (χ2n) is 14.7. The molecule has 1 unspecified atom stereocenters. The number of hydrogen-bond donors (Lipinski definition) is 4. The summed E-state index contributed by atoms with van der Waals surface area (Å²) in [7, 11) is 0. The van der Waals surface area contributed by atoms with E-state index in [9.17, 15) is 24.9 Å². The molecule has 2 spiro atoms. The number of likely N-dealkylation sites (tertiary alicyclic amines) is 1. The lowest BCUT2D eigenvalue weighted by Crippen LogP contribution is -2.63. The number of benzene rings is 2. The highest BCUT2D eigenvalue weighted by Crippen LogP contribution is 2.68. The zero-order chi connectivity index (χ0) is 31.9. The molecule has 2 aromatic carbocycles. The highest BCUT2D eigenvalue weighted by Gasteiger charge is 2.79. The fraction of sp³-hybridized carbons (Fsp3) is 0.556. The summed E-state index contributed by atoms with van der Waals surface area (Å²) in [5.41, 5.74) is -0.619. The molecule has 4 N–H and O–H groups in total. The van der Waals surface area contributed by atoms with E-state index in [1.807, 2.05) is 55.5 Å². The summed E-state index contributed by atoms with van der Waals surface area (Å²) < 4.78 is 6.50. The third kappa shape index (κ3) is 4.03. The van der Waals surface area contributed by atoms with Gasteiger partial charge >= 0.3 is 5.97 Å². The predicted octanol–water partition coefficient (Wildman–Crippen LogP) is 4.76. The van der Waals surface area contributed by atoms with Gasteiger partial charge in [-0.1, -0.05) is 72.3 Å². The number of halogens is 1. The fourth-order valence-electron chi connectivity index (χ4n) is 10.6. The first-order valence-corrected chi connectivity index (χ1v) is 17.0. The normalized spacial score (nSPS) is 40.9. The van der Waals surface area contributed by atoms with Gasteiger partial charge in [-0.15, -0.1) is 0 Å². The zero-order valence-electron chi connectivity index (χ0n) is 26.0. The van der Waals surface area contributed by atoms with Crippen molar-refractivity contribution in [3.63, 3.8) is 0 Å². The van der Waals surface area contributed by atoms with Crippen LogP contribution in [0.2, 0.25) is 0 Å². The van der Waals surface area contributed by atoms with E-state index in [-0.39, 0.29) is 36.4 Å². The molecule has 240 valence electrons. The Hall–Kier alpha value is -2.56. The maximum Gasteiger partial charge on any atom is 0.318 e. The van der Waals surface area contributed by atoms with Gasteiger partial charge in [0.25, 0.3) is 5.91 Å². The molecule has 0 bridgehead atoms. The van der Waals surface area contributed by atoms with Crippen LogP contribution in [0.5, 0.6) is 0 Å². The van der Waals surface area contributed by atoms with Crippen LogP contribution in [0.15, 0.2) is 65.2 Å². The van der Waals surface area contributed by atoms with Crippen LogP contribution in [0.1, 0.15) is 57.1 Å². The average Bonchev–Trinajstić information content (AvgIpc) is 3.60. The second kappa shape index (κ2) is 10.7. The summed E-state index contributed by atoms with van der Waals surface area (Å²) in [6.07, 6.45) is 1.65. The number of allylic oxidation sites excluding steroid dienone is 1. The van der Waals surface area contributed by atoms with Gasteiger partial charge < -0.3 is 25.4 Å². The van der Waals surface area contributed by atoms with E-state index in [4.69, 9.17) is 4.74 Å². The van der Waals surface area contributed by atoms with E-state index >= 15 is 0 Å². The molecule has 1 amide bonds. The quantitative estimate of drug-likeness (QED) is 0.266. The van der Waals surface area contributed by atoms with Crippen molar-refractivity contribution in [2.24, 2.45) is 34.0 Å². The van der Waals surface area contributed by atoms with Gasteiger partial charge in [0, 0.05) is 34.2 Å². The summed E-state index contributed by atoms with van der Waals surface area (Å²) >= 11 is 3.61. The molecule has 4 fully saturated rings. The molecule has 2 aliphatic carbocycles. The molecule has 3 aliphatic heterocycles. The van der Waals surface area contributed by atoms with Gasteiger partial charge in [0.15, 0.2) is 0 Å². The summed E-state index contributed by atoms with van der Waals surface area (Å²) in [5.74, 6) is -1.30.